The Morgan fingerprint density at radius 2 is 1.64 bits per heavy atom. The molecule has 2 aliphatic rings. The molecule has 10 heteroatoms. The van der Waals surface area contributed by atoms with Crippen molar-refractivity contribution in [3.8, 4) is 6.07 Å². The van der Waals surface area contributed by atoms with Crippen LogP contribution in [0.1, 0.15) is 32.7 Å². The van der Waals surface area contributed by atoms with Crippen LogP contribution in [-0.4, -0.2) is 87.2 Å². The van der Waals surface area contributed by atoms with Crippen LogP contribution in [0, 0.1) is 11.3 Å². The van der Waals surface area contributed by atoms with Crippen LogP contribution in [0.5, 0.6) is 0 Å². The smallest absolute Gasteiger partial charge is 0.409 e. The van der Waals surface area contributed by atoms with Gasteiger partial charge in [0.2, 0.25) is 0 Å². The van der Waals surface area contributed by atoms with Crippen LogP contribution in [-0.2, 0) is 4.74 Å². The Labute approximate surface area is 210 Å². The van der Waals surface area contributed by atoms with Gasteiger partial charge in [0, 0.05) is 63.5 Å². The number of rotatable bonds is 4. The standard InChI is InChI=1S/C26H30N6O4/c1-36-26(35)32-12-2-11-30(15-16-32)23-8-7-21(25(34)31-13-9-28-10-14-31)17-22(23)29-24(33)20-5-3-19(18-27)4-6-20/h3-8,17,28H,2,9-16H2,1H3,(H,29,33). The van der Waals surface area contributed by atoms with E-state index in [1.165, 1.54) is 7.11 Å². The van der Waals surface area contributed by atoms with Gasteiger partial charge in [-0.25, -0.2) is 4.79 Å². The lowest BCUT2D eigenvalue weighted by molar-refractivity contribution is 0.0735. The number of ether oxygens (including phenoxy) is 1. The molecule has 2 aliphatic heterocycles. The number of hydrogen-bond acceptors (Lipinski definition) is 7. The first-order chi connectivity index (χ1) is 17.5. The van der Waals surface area contributed by atoms with Gasteiger partial charge in [-0.15, -0.1) is 0 Å². The van der Waals surface area contributed by atoms with Gasteiger partial charge in [0.1, 0.15) is 0 Å². The quantitative estimate of drug-likeness (QED) is 0.674. The first-order valence-electron chi connectivity index (χ1n) is 12.0. The van der Waals surface area contributed by atoms with Crippen molar-refractivity contribution in [1.82, 2.24) is 15.1 Å². The fourth-order valence-corrected chi connectivity index (χ4v) is 4.46. The van der Waals surface area contributed by atoms with Crippen LogP contribution in [0.2, 0.25) is 0 Å². The third kappa shape index (κ3) is 5.75. The lowest BCUT2D eigenvalue weighted by Gasteiger charge is -2.29. The van der Waals surface area contributed by atoms with E-state index >= 15 is 0 Å². The highest BCUT2D eigenvalue weighted by Crippen LogP contribution is 2.30. The van der Waals surface area contributed by atoms with Crippen molar-refractivity contribution >= 4 is 29.3 Å². The topological polar surface area (TPSA) is 118 Å². The Bertz CT molecular complexity index is 1150. The van der Waals surface area contributed by atoms with E-state index in [1.807, 2.05) is 12.1 Å². The third-order valence-corrected chi connectivity index (χ3v) is 6.44. The molecule has 3 amide bonds. The van der Waals surface area contributed by atoms with E-state index in [-0.39, 0.29) is 17.9 Å². The lowest BCUT2D eigenvalue weighted by Crippen LogP contribution is -2.46. The Hall–Kier alpha value is -4.10. The highest BCUT2D eigenvalue weighted by molar-refractivity contribution is 6.07. The summed E-state index contributed by atoms with van der Waals surface area (Å²) in [7, 11) is 1.37. The Morgan fingerprint density at radius 3 is 2.33 bits per heavy atom. The fraction of sp³-hybridized carbons (Fsp3) is 0.385. The number of carbonyl (C=O) groups excluding carboxylic acids is 3. The predicted octanol–water partition coefficient (Wildman–Crippen LogP) is 2.13. The molecule has 0 aromatic heterocycles. The second-order valence-electron chi connectivity index (χ2n) is 8.72. The van der Waals surface area contributed by atoms with Gasteiger partial charge in [0.15, 0.2) is 0 Å². The molecule has 2 fully saturated rings. The average molecular weight is 491 g/mol. The van der Waals surface area contributed by atoms with Gasteiger partial charge in [-0.3, -0.25) is 9.59 Å². The fourth-order valence-electron chi connectivity index (χ4n) is 4.46. The molecule has 2 saturated heterocycles. The van der Waals surface area contributed by atoms with Gasteiger partial charge in [0.25, 0.3) is 11.8 Å². The number of nitrogens with one attached hydrogen (secondary N) is 2. The summed E-state index contributed by atoms with van der Waals surface area (Å²) in [5.74, 6) is -0.414. The molecule has 188 valence electrons. The molecule has 0 atom stereocenters. The molecule has 2 N–H and O–H groups in total. The van der Waals surface area contributed by atoms with Crippen molar-refractivity contribution in [1.29, 1.82) is 5.26 Å². The highest BCUT2D eigenvalue weighted by atomic mass is 16.5. The first-order valence-corrected chi connectivity index (χ1v) is 12.0. The number of nitrogens with zero attached hydrogens (tertiary/aromatic N) is 4. The summed E-state index contributed by atoms with van der Waals surface area (Å²) in [5, 5.41) is 15.3. The second-order valence-corrected chi connectivity index (χ2v) is 8.72. The second kappa shape index (κ2) is 11.6. The van der Waals surface area contributed by atoms with E-state index in [0.29, 0.717) is 61.6 Å². The molecule has 4 rings (SSSR count). The molecular weight excluding hydrogens is 460 g/mol. The number of methoxy groups -OCH3 is 1. The van der Waals surface area contributed by atoms with Crippen LogP contribution < -0.4 is 15.5 Å². The highest BCUT2D eigenvalue weighted by Gasteiger charge is 2.24. The number of hydrogen-bond donors (Lipinski definition) is 2. The molecule has 0 aliphatic carbocycles. The molecule has 2 aromatic rings. The SMILES string of the molecule is COC(=O)N1CCCN(c2ccc(C(=O)N3CCNCC3)cc2NC(=O)c2ccc(C#N)cc2)CC1. The minimum Gasteiger partial charge on any atom is -0.453 e. The number of piperazine rings is 1. The zero-order valence-electron chi connectivity index (χ0n) is 20.3. The van der Waals surface area contributed by atoms with Gasteiger partial charge >= 0.3 is 6.09 Å². The van der Waals surface area contributed by atoms with E-state index in [0.717, 1.165) is 25.2 Å². The van der Waals surface area contributed by atoms with E-state index in [1.54, 1.807) is 46.2 Å². The number of amides is 3. The van der Waals surface area contributed by atoms with Gasteiger partial charge in [-0.2, -0.15) is 5.26 Å². The largest absolute Gasteiger partial charge is 0.453 e. The maximum atomic E-state index is 13.2. The number of carbonyl (C=O) groups is 3. The molecule has 2 heterocycles. The number of anilines is 2. The minimum atomic E-state index is -0.358. The maximum Gasteiger partial charge on any atom is 0.409 e. The third-order valence-electron chi connectivity index (χ3n) is 6.44. The van der Waals surface area contributed by atoms with Crippen molar-refractivity contribution < 1.29 is 19.1 Å². The van der Waals surface area contributed by atoms with Gasteiger partial charge in [0.05, 0.1) is 30.1 Å². The average Bonchev–Trinajstić information content (AvgIpc) is 3.19. The zero-order chi connectivity index (χ0) is 25.5. The number of nitriles is 1. The van der Waals surface area contributed by atoms with Crippen LogP contribution in [0.15, 0.2) is 42.5 Å². The van der Waals surface area contributed by atoms with Crippen molar-refractivity contribution in [2.24, 2.45) is 0 Å². The Kier molecular flexibility index (Phi) is 8.02. The Balaban J connectivity index is 1.61. The van der Waals surface area contributed by atoms with Crippen LogP contribution >= 0.6 is 0 Å². The lowest BCUT2D eigenvalue weighted by atomic mass is 10.1. The summed E-state index contributed by atoms with van der Waals surface area (Å²) < 4.78 is 4.87. The summed E-state index contributed by atoms with van der Waals surface area (Å²) in [6, 6.07) is 13.8. The molecule has 0 spiro atoms. The predicted molar refractivity (Wildman–Crippen MR) is 135 cm³/mol. The summed E-state index contributed by atoms with van der Waals surface area (Å²) in [6.07, 6.45) is 0.377. The molecule has 0 radical (unpaired) electrons. The summed E-state index contributed by atoms with van der Waals surface area (Å²) in [5.41, 5.74) is 2.68. The molecular formula is C26H30N6O4. The van der Waals surface area contributed by atoms with Gasteiger partial charge in [-0.1, -0.05) is 0 Å². The van der Waals surface area contributed by atoms with E-state index in [2.05, 4.69) is 15.5 Å². The summed E-state index contributed by atoms with van der Waals surface area (Å²) in [4.78, 5) is 43.8. The molecule has 0 unspecified atom stereocenters. The molecule has 0 saturated carbocycles. The van der Waals surface area contributed by atoms with Crippen LogP contribution in [0.25, 0.3) is 0 Å². The van der Waals surface area contributed by atoms with Gasteiger partial charge in [-0.05, 0) is 48.9 Å². The van der Waals surface area contributed by atoms with Crippen molar-refractivity contribution in [2.45, 2.75) is 6.42 Å². The van der Waals surface area contributed by atoms with E-state index < -0.39 is 0 Å². The first kappa shape index (κ1) is 25.0. The van der Waals surface area contributed by atoms with E-state index in [4.69, 9.17) is 10.00 Å². The molecule has 10 nitrogen and oxygen atoms in total. The molecule has 0 bridgehead atoms. The monoisotopic (exact) mass is 490 g/mol. The number of benzene rings is 2. The maximum absolute atomic E-state index is 13.2. The minimum absolute atomic E-state index is 0.0790. The van der Waals surface area contributed by atoms with Crippen molar-refractivity contribution in [3.05, 3.63) is 59.2 Å². The summed E-state index contributed by atoms with van der Waals surface area (Å²) >= 11 is 0. The molecule has 36 heavy (non-hydrogen) atoms. The Morgan fingerprint density at radius 1 is 0.917 bits per heavy atom. The van der Waals surface area contributed by atoms with E-state index in [9.17, 15) is 14.4 Å². The van der Waals surface area contributed by atoms with Crippen LogP contribution in [0.4, 0.5) is 16.2 Å². The normalized spacial score (nSPS) is 16.1. The van der Waals surface area contributed by atoms with Crippen molar-refractivity contribution in [2.75, 3.05) is 69.7 Å². The van der Waals surface area contributed by atoms with Gasteiger partial charge < -0.3 is 30.1 Å². The zero-order valence-corrected chi connectivity index (χ0v) is 20.3. The van der Waals surface area contributed by atoms with Crippen molar-refractivity contribution in [3.63, 3.8) is 0 Å². The summed E-state index contributed by atoms with van der Waals surface area (Å²) in [6.45, 7) is 5.05. The molecule has 2 aromatic carbocycles. The van der Waals surface area contributed by atoms with Crippen LogP contribution in [0.3, 0.4) is 0 Å².